The van der Waals surface area contributed by atoms with Gasteiger partial charge in [-0.3, -0.25) is 19.7 Å². The number of rotatable bonds is 7. The predicted octanol–water partition coefficient (Wildman–Crippen LogP) is 3.83. The monoisotopic (exact) mass is 448 g/mol. The van der Waals surface area contributed by atoms with Crippen LogP contribution < -0.4 is 14.8 Å². The molecule has 2 aromatic rings. The molecule has 31 heavy (non-hydrogen) atoms. The molecule has 0 saturated carbocycles. The Morgan fingerprint density at radius 3 is 2.65 bits per heavy atom. The molecule has 0 fully saturated rings. The lowest BCUT2D eigenvalue weighted by Gasteiger charge is -2.22. The molecule has 9 nitrogen and oxygen atoms in total. The lowest BCUT2D eigenvalue weighted by Crippen LogP contribution is -2.31. The molecule has 0 aliphatic carbocycles. The fourth-order valence-corrected chi connectivity index (χ4v) is 3.41. The summed E-state index contributed by atoms with van der Waals surface area (Å²) in [5.41, 5.74) is 0.130. The Morgan fingerprint density at radius 2 is 1.94 bits per heavy atom. The van der Waals surface area contributed by atoms with Gasteiger partial charge in [-0.05, 0) is 26.0 Å². The normalized spacial score (nSPS) is 13.4. The lowest BCUT2D eigenvalue weighted by atomic mass is 10.0. The van der Waals surface area contributed by atoms with Crippen molar-refractivity contribution in [2.24, 2.45) is 0 Å². The number of hydrogen-bond donors (Lipinski definition) is 1. The van der Waals surface area contributed by atoms with E-state index in [1.54, 1.807) is 19.9 Å². The first-order valence-corrected chi connectivity index (χ1v) is 9.97. The van der Waals surface area contributed by atoms with Gasteiger partial charge in [0.15, 0.2) is 11.5 Å². The second-order valence-electron chi connectivity index (χ2n) is 7.07. The fraction of sp³-hybridized carbons (Fsp3) is 0.333. The lowest BCUT2D eigenvalue weighted by molar-refractivity contribution is -0.385. The van der Waals surface area contributed by atoms with Crippen molar-refractivity contribution in [3.05, 3.63) is 62.7 Å². The maximum Gasteiger partial charge on any atom is 0.308 e. The first-order valence-electron chi connectivity index (χ1n) is 9.59. The summed E-state index contributed by atoms with van der Waals surface area (Å²) in [5.74, 6) is -0.511. The topological polar surface area (TPSA) is 117 Å². The number of hydrogen-bond acceptors (Lipinski definition) is 7. The molecular weight excluding hydrogens is 428 g/mol. The standard InChI is InChI=1S/C21H21ClN2O7/c1-12(2)31-19(25)11-16(14-5-3-4-6-17(14)24(27)28)23-21(26)13-9-15(22)20-18(10-13)29-7-8-30-20/h3-6,9-10,12,16H,7-8,11H2,1-2H3,(H,23,26)/t16-/m0/s1. The van der Waals surface area contributed by atoms with Gasteiger partial charge in [-0.15, -0.1) is 0 Å². The SMILES string of the molecule is CC(C)OC(=O)C[C@H](NC(=O)c1cc(Cl)c2c(c1)OCCO2)c1ccccc1[N+](=O)[O-]. The molecule has 1 aliphatic rings. The molecule has 10 heteroatoms. The van der Waals surface area contributed by atoms with Gasteiger partial charge in [0.05, 0.1) is 34.1 Å². The number of halogens is 1. The third-order valence-corrected chi connectivity index (χ3v) is 4.69. The number of carbonyl (C=O) groups is 2. The van der Waals surface area contributed by atoms with Crippen LogP contribution in [0.5, 0.6) is 11.5 Å². The van der Waals surface area contributed by atoms with Crippen LogP contribution >= 0.6 is 11.6 Å². The van der Waals surface area contributed by atoms with E-state index in [0.717, 1.165) is 0 Å². The number of carbonyl (C=O) groups excluding carboxylic acids is 2. The summed E-state index contributed by atoms with van der Waals surface area (Å²) in [5, 5.41) is 14.4. The molecule has 0 radical (unpaired) electrons. The highest BCUT2D eigenvalue weighted by Crippen LogP contribution is 2.38. The number of amides is 1. The molecule has 0 spiro atoms. The summed E-state index contributed by atoms with van der Waals surface area (Å²) in [6.45, 7) is 4.03. The summed E-state index contributed by atoms with van der Waals surface area (Å²) in [4.78, 5) is 36.2. The van der Waals surface area contributed by atoms with Gasteiger partial charge >= 0.3 is 5.97 Å². The van der Waals surface area contributed by atoms with Crippen molar-refractivity contribution >= 4 is 29.2 Å². The first kappa shape index (κ1) is 22.4. The summed E-state index contributed by atoms with van der Waals surface area (Å²) < 4.78 is 16.1. The van der Waals surface area contributed by atoms with E-state index < -0.39 is 22.8 Å². The van der Waals surface area contributed by atoms with E-state index in [2.05, 4.69) is 5.32 Å². The number of ether oxygens (including phenoxy) is 3. The number of fused-ring (bicyclic) bond motifs is 1. The Kier molecular flexibility index (Phi) is 6.96. The zero-order chi connectivity index (χ0) is 22.5. The molecule has 1 heterocycles. The van der Waals surface area contributed by atoms with E-state index in [0.29, 0.717) is 24.7 Å². The van der Waals surface area contributed by atoms with Gasteiger partial charge in [0.1, 0.15) is 13.2 Å². The largest absolute Gasteiger partial charge is 0.486 e. The third kappa shape index (κ3) is 5.43. The quantitative estimate of drug-likeness (QED) is 0.388. The Balaban J connectivity index is 1.91. The van der Waals surface area contributed by atoms with E-state index in [-0.39, 0.29) is 34.4 Å². The molecule has 0 bridgehead atoms. The van der Waals surface area contributed by atoms with Crippen LogP contribution in [-0.4, -0.2) is 36.1 Å². The maximum atomic E-state index is 13.0. The summed E-state index contributed by atoms with van der Waals surface area (Å²) in [6, 6.07) is 7.79. The van der Waals surface area contributed by atoms with E-state index in [9.17, 15) is 19.7 Å². The summed E-state index contributed by atoms with van der Waals surface area (Å²) in [7, 11) is 0. The number of nitrogens with zero attached hydrogens (tertiary/aromatic N) is 1. The van der Waals surface area contributed by atoms with Crippen molar-refractivity contribution in [1.29, 1.82) is 0 Å². The number of nitro groups is 1. The summed E-state index contributed by atoms with van der Waals surface area (Å²) in [6.07, 6.45) is -0.654. The highest BCUT2D eigenvalue weighted by Gasteiger charge is 2.28. The van der Waals surface area contributed by atoms with Crippen LogP contribution in [0.4, 0.5) is 5.69 Å². The highest BCUT2D eigenvalue weighted by molar-refractivity contribution is 6.32. The molecular formula is C21H21ClN2O7. The number of benzene rings is 2. The zero-order valence-corrected chi connectivity index (χ0v) is 17.7. The van der Waals surface area contributed by atoms with E-state index in [1.165, 1.54) is 30.3 Å². The van der Waals surface area contributed by atoms with Crippen LogP contribution in [0, 0.1) is 10.1 Å². The van der Waals surface area contributed by atoms with Crippen LogP contribution in [0.25, 0.3) is 0 Å². The van der Waals surface area contributed by atoms with Crippen molar-refractivity contribution in [2.45, 2.75) is 32.4 Å². The average Bonchev–Trinajstić information content (AvgIpc) is 2.72. The van der Waals surface area contributed by atoms with Gasteiger partial charge < -0.3 is 19.5 Å². The van der Waals surface area contributed by atoms with Crippen molar-refractivity contribution in [1.82, 2.24) is 5.32 Å². The minimum atomic E-state index is -0.993. The Hall–Kier alpha value is -3.33. The Morgan fingerprint density at radius 1 is 1.23 bits per heavy atom. The first-order chi connectivity index (χ1) is 14.8. The van der Waals surface area contributed by atoms with Crippen LogP contribution in [0.15, 0.2) is 36.4 Å². The molecule has 1 N–H and O–H groups in total. The maximum absolute atomic E-state index is 13.0. The molecule has 1 amide bonds. The smallest absolute Gasteiger partial charge is 0.308 e. The van der Waals surface area contributed by atoms with E-state index in [4.69, 9.17) is 25.8 Å². The number of para-hydroxylation sites is 1. The average molecular weight is 449 g/mol. The number of nitrogens with one attached hydrogen (secondary N) is 1. The molecule has 0 unspecified atom stereocenters. The highest BCUT2D eigenvalue weighted by atomic mass is 35.5. The van der Waals surface area contributed by atoms with Crippen molar-refractivity contribution in [2.75, 3.05) is 13.2 Å². The van der Waals surface area contributed by atoms with Gasteiger partial charge in [0.25, 0.3) is 11.6 Å². The number of nitro benzene ring substituents is 1. The Labute approximate surface area is 183 Å². The molecule has 3 rings (SSSR count). The second-order valence-corrected chi connectivity index (χ2v) is 7.47. The van der Waals surface area contributed by atoms with Crippen LogP contribution in [0.3, 0.4) is 0 Å². The van der Waals surface area contributed by atoms with Crippen molar-refractivity contribution in [3.63, 3.8) is 0 Å². The van der Waals surface area contributed by atoms with Crippen molar-refractivity contribution < 1.29 is 28.7 Å². The van der Waals surface area contributed by atoms with Gasteiger partial charge in [-0.1, -0.05) is 29.8 Å². The van der Waals surface area contributed by atoms with Crippen LogP contribution in [0.2, 0.25) is 5.02 Å². The predicted molar refractivity (Wildman–Crippen MR) is 112 cm³/mol. The van der Waals surface area contributed by atoms with Gasteiger partial charge in [-0.25, -0.2) is 0 Å². The van der Waals surface area contributed by atoms with Crippen LogP contribution in [-0.2, 0) is 9.53 Å². The molecule has 1 atom stereocenters. The molecule has 2 aromatic carbocycles. The van der Waals surface area contributed by atoms with Crippen LogP contribution in [0.1, 0.15) is 42.2 Å². The van der Waals surface area contributed by atoms with E-state index >= 15 is 0 Å². The summed E-state index contributed by atoms with van der Waals surface area (Å²) >= 11 is 6.20. The third-order valence-electron chi connectivity index (χ3n) is 4.41. The molecule has 0 saturated heterocycles. The van der Waals surface area contributed by atoms with Gasteiger partial charge in [-0.2, -0.15) is 0 Å². The Bertz CT molecular complexity index is 1010. The molecule has 1 aliphatic heterocycles. The van der Waals surface area contributed by atoms with E-state index in [1.807, 2.05) is 0 Å². The number of esters is 1. The zero-order valence-electron chi connectivity index (χ0n) is 16.9. The molecule has 164 valence electrons. The second kappa shape index (κ2) is 9.65. The van der Waals surface area contributed by atoms with Crippen molar-refractivity contribution in [3.8, 4) is 11.5 Å². The minimum absolute atomic E-state index is 0.162. The van der Waals surface area contributed by atoms with Gasteiger partial charge in [0, 0.05) is 11.6 Å². The molecule has 0 aromatic heterocycles. The fourth-order valence-electron chi connectivity index (χ4n) is 3.15. The minimum Gasteiger partial charge on any atom is -0.486 e. The van der Waals surface area contributed by atoms with Gasteiger partial charge in [0.2, 0.25) is 0 Å².